The number of anilines is 1. The van der Waals surface area contributed by atoms with Crippen molar-refractivity contribution in [2.24, 2.45) is 5.92 Å². The van der Waals surface area contributed by atoms with Crippen molar-refractivity contribution >= 4 is 23.0 Å². The summed E-state index contributed by atoms with van der Waals surface area (Å²) in [5.74, 6) is 1.49. The third-order valence-electron chi connectivity index (χ3n) is 7.16. The number of benzene rings is 1. The number of ether oxygens (including phenoxy) is 2. The second-order valence-electron chi connectivity index (χ2n) is 9.52. The largest absolute Gasteiger partial charge is 0.495 e. The van der Waals surface area contributed by atoms with Gasteiger partial charge in [-0.15, -0.1) is 0 Å². The lowest BCUT2D eigenvalue weighted by atomic mass is 10.0. The van der Waals surface area contributed by atoms with E-state index in [-0.39, 0.29) is 23.8 Å². The molecule has 190 valence electrons. The Labute approximate surface area is 210 Å². The van der Waals surface area contributed by atoms with E-state index in [0.29, 0.717) is 37.6 Å². The first-order chi connectivity index (χ1) is 17.3. The molecule has 2 aliphatic heterocycles. The molecule has 2 aromatic heterocycles. The molecule has 2 saturated heterocycles. The number of carbonyl (C=O) groups excluding carboxylic acids is 2. The van der Waals surface area contributed by atoms with E-state index in [1.54, 1.807) is 24.7 Å². The SMILES string of the molecule is COc1cc(-c2cn3ncc(C)c3c(O[C@H](C)C3CNC(=O)C3)n2)ccc1N1CCN(C(C)=O)CC1. The number of hydrogen-bond acceptors (Lipinski definition) is 7. The number of aryl methyl sites for hydroxylation is 1. The third kappa shape index (κ3) is 4.55. The zero-order valence-corrected chi connectivity index (χ0v) is 21.2. The Balaban J connectivity index is 1.45. The fourth-order valence-electron chi connectivity index (χ4n) is 4.93. The van der Waals surface area contributed by atoms with Crippen LogP contribution in [0.5, 0.6) is 11.6 Å². The fourth-order valence-corrected chi connectivity index (χ4v) is 4.93. The molecule has 1 aromatic carbocycles. The minimum Gasteiger partial charge on any atom is -0.495 e. The number of fused-ring (bicyclic) bond motifs is 1. The van der Waals surface area contributed by atoms with Crippen molar-refractivity contribution < 1.29 is 19.1 Å². The number of carbonyl (C=O) groups is 2. The van der Waals surface area contributed by atoms with E-state index in [1.165, 1.54) is 0 Å². The number of amides is 2. The predicted molar refractivity (Wildman–Crippen MR) is 135 cm³/mol. The molecule has 3 aromatic rings. The molecule has 2 atom stereocenters. The van der Waals surface area contributed by atoms with Crippen LogP contribution in [0.1, 0.15) is 25.8 Å². The first kappa shape index (κ1) is 23.9. The standard InChI is InChI=1S/C26H32N6O4/c1-16-13-28-32-15-21(29-26(25(16)32)36-17(2)20-12-24(34)27-14-20)19-5-6-22(23(11-19)35-4)31-9-7-30(8-10-31)18(3)33/h5-6,11,13,15,17,20H,7-10,12,14H2,1-4H3,(H,27,34)/t17-,20?/m1/s1. The van der Waals surface area contributed by atoms with Crippen LogP contribution in [0.3, 0.4) is 0 Å². The van der Waals surface area contributed by atoms with Crippen molar-refractivity contribution in [2.45, 2.75) is 33.3 Å². The molecule has 1 N–H and O–H groups in total. The van der Waals surface area contributed by atoms with Gasteiger partial charge in [0.1, 0.15) is 17.4 Å². The summed E-state index contributed by atoms with van der Waals surface area (Å²) in [6, 6.07) is 6.03. The summed E-state index contributed by atoms with van der Waals surface area (Å²) >= 11 is 0. The number of rotatable bonds is 6. The molecule has 4 heterocycles. The summed E-state index contributed by atoms with van der Waals surface area (Å²) in [6.07, 6.45) is 3.95. The zero-order chi connectivity index (χ0) is 25.4. The summed E-state index contributed by atoms with van der Waals surface area (Å²) in [6.45, 7) is 9.06. The minimum atomic E-state index is -0.185. The molecule has 1 unspecified atom stereocenters. The van der Waals surface area contributed by atoms with E-state index in [1.807, 2.05) is 43.1 Å². The van der Waals surface area contributed by atoms with Crippen LogP contribution >= 0.6 is 0 Å². The molecule has 5 rings (SSSR count). The topological polar surface area (TPSA) is 101 Å². The first-order valence-corrected chi connectivity index (χ1v) is 12.3. The average Bonchev–Trinajstić information content (AvgIpc) is 3.49. The molecule has 0 bridgehead atoms. The van der Waals surface area contributed by atoms with E-state index in [0.717, 1.165) is 41.2 Å². The molecular weight excluding hydrogens is 460 g/mol. The fraction of sp³-hybridized carbons (Fsp3) is 0.462. The van der Waals surface area contributed by atoms with Crippen LogP contribution < -0.4 is 19.7 Å². The Kier molecular flexibility index (Phi) is 6.42. The molecule has 0 saturated carbocycles. The number of nitrogens with one attached hydrogen (secondary N) is 1. The minimum absolute atomic E-state index is 0.0535. The second kappa shape index (κ2) is 9.67. The highest BCUT2D eigenvalue weighted by Gasteiger charge is 2.29. The monoisotopic (exact) mass is 492 g/mol. The van der Waals surface area contributed by atoms with Gasteiger partial charge in [-0.2, -0.15) is 5.10 Å². The van der Waals surface area contributed by atoms with Gasteiger partial charge in [0.15, 0.2) is 0 Å². The Hall–Kier alpha value is -3.82. The summed E-state index contributed by atoms with van der Waals surface area (Å²) in [4.78, 5) is 32.4. The van der Waals surface area contributed by atoms with Crippen LogP contribution in [-0.4, -0.2) is 77.2 Å². The van der Waals surface area contributed by atoms with Gasteiger partial charge in [0.25, 0.3) is 0 Å². The van der Waals surface area contributed by atoms with Gasteiger partial charge in [-0.3, -0.25) is 9.59 Å². The van der Waals surface area contributed by atoms with Crippen LogP contribution in [0.25, 0.3) is 16.8 Å². The molecule has 2 amide bonds. The normalized spacial score (nSPS) is 18.9. The molecule has 0 aliphatic carbocycles. The van der Waals surface area contributed by atoms with Crippen molar-refractivity contribution in [3.8, 4) is 22.9 Å². The number of hydrogen-bond donors (Lipinski definition) is 1. The lowest BCUT2D eigenvalue weighted by molar-refractivity contribution is -0.129. The predicted octanol–water partition coefficient (Wildman–Crippen LogP) is 2.29. The number of aromatic nitrogens is 3. The van der Waals surface area contributed by atoms with Crippen LogP contribution in [0.2, 0.25) is 0 Å². The third-order valence-corrected chi connectivity index (χ3v) is 7.16. The molecule has 2 fully saturated rings. The quantitative estimate of drug-likeness (QED) is 0.563. The van der Waals surface area contributed by atoms with Gasteiger partial charge >= 0.3 is 0 Å². The van der Waals surface area contributed by atoms with E-state index in [4.69, 9.17) is 14.5 Å². The molecule has 0 radical (unpaired) electrons. The van der Waals surface area contributed by atoms with E-state index >= 15 is 0 Å². The van der Waals surface area contributed by atoms with E-state index in [2.05, 4.69) is 15.3 Å². The van der Waals surface area contributed by atoms with Crippen LogP contribution in [0.15, 0.2) is 30.6 Å². The lowest BCUT2D eigenvalue weighted by Crippen LogP contribution is -2.48. The maximum absolute atomic E-state index is 11.7. The highest BCUT2D eigenvalue weighted by Crippen LogP contribution is 2.35. The molecule has 10 heteroatoms. The molecule has 36 heavy (non-hydrogen) atoms. The van der Waals surface area contributed by atoms with Crippen molar-refractivity contribution in [3.63, 3.8) is 0 Å². The molecular formula is C26H32N6O4. The van der Waals surface area contributed by atoms with Crippen molar-refractivity contribution in [3.05, 3.63) is 36.2 Å². The Bertz CT molecular complexity index is 1300. The molecule has 10 nitrogen and oxygen atoms in total. The summed E-state index contributed by atoms with van der Waals surface area (Å²) < 4.78 is 13.9. The first-order valence-electron chi connectivity index (χ1n) is 12.3. The average molecular weight is 493 g/mol. The van der Waals surface area contributed by atoms with E-state index in [9.17, 15) is 9.59 Å². The van der Waals surface area contributed by atoms with Crippen LogP contribution in [-0.2, 0) is 9.59 Å². The summed E-state index contributed by atoms with van der Waals surface area (Å²) in [5, 5.41) is 7.37. The smallest absolute Gasteiger partial charge is 0.241 e. The Morgan fingerprint density at radius 2 is 2.00 bits per heavy atom. The Morgan fingerprint density at radius 3 is 2.67 bits per heavy atom. The van der Waals surface area contributed by atoms with Crippen molar-refractivity contribution in [2.75, 3.05) is 44.7 Å². The van der Waals surface area contributed by atoms with Crippen molar-refractivity contribution in [1.29, 1.82) is 0 Å². The van der Waals surface area contributed by atoms with Crippen LogP contribution in [0.4, 0.5) is 5.69 Å². The maximum atomic E-state index is 11.7. The maximum Gasteiger partial charge on any atom is 0.241 e. The Morgan fingerprint density at radius 1 is 1.22 bits per heavy atom. The van der Waals surface area contributed by atoms with Crippen LogP contribution in [0, 0.1) is 12.8 Å². The highest BCUT2D eigenvalue weighted by molar-refractivity contribution is 5.78. The van der Waals surface area contributed by atoms with Gasteiger partial charge in [-0.25, -0.2) is 9.50 Å². The number of piperazine rings is 1. The molecule has 0 spiro atoms. The van der Waals surface area contributed by atoms with Crippen molar-refractivity contribution in [1.82, 2.24) is 24.8 Å². The van der Waals surface area contributed by atoms with Gasteiger partial charge in [-0.1, -0.05) is 6.07 Å². The lowest BCUT2D eigenvalue weighted by Gasteiger charge is -2.36. The zero-order valence-electron chi connectivity index (χ0n) is 21.2. The van der Waals surface area contributed by atoms with Gasteiger partial charge in [-0.05, 0) is 26.0 Å². The van der Waals surface area contributed by atoms with Gasteiger partial charge in [0, 0.05) is 63.1 Å². The molecule has 2 aliphatic rings. The van der Waals surface area contributed by atoms with Gasteiger partial charge in [0.05, 0.1) is 30.9 Å². The summed E-state index contributed by atoms with van der Waals surface area (Å²) in [5.41, 5.74) is 4.36. The van der Waals surface area contributed by atoms with E-state index < -0.39 is 0 Å². The number of nitrogens with zero attached hydrogens (tertiary/aromatic N) is 5. The summed E-state index contributed by atoms with van der Waals surface area (Å²) in [7, 11) is 1.66. The number of methoxy groups -OCH3 is 1. The van der Waals surface area contributed by atoms with Gasteiger partial charge in [0.2, 0.25) is 17.7 Å². The van der Waals surface area contributed by atoms with Gasteiger partial charge < -0.3 is 24.6 Å². The highest BCUT2D eigenvalue weighted by atomic mass is 16.5. The second-order valence-corrected chi connectivity index (χ2v) is 9.52.